The van der Waals surface area contributed by atoms with Gasteiger partial charge in [-0.25, -0.2) is 0 Å². The molecule has 0 radical (unpaired) electrons. The first-order chi connectivity index (χ1) is 6.61. The summed E-state index contributed by atoms with van der Waals surface area (Å²) in [4.78, 5) is 2.44. The van der Waals surface area contributed by atoms with Gasteiger partial charge in [0.1, 0.15) is 0 Å². The molecule has 0 N–H and O–H groups in total. The van der Waals surface area contributed by atoms with Crippen LogP contribution in [-0.4, -0.2) is 37.7 Å². The smallest absolute Gasteiger partial charge is 0.0604 e. The van der Waals surface area contributed by atoms with E-state index in [0.29, 0.717) is 17.4 Å². The van der Waals surface area contributed by atoms with E-state index in [0.717, 1.165) is 6.61 Å². The van der Waals surface area contributed by atoms with Gasteiger partial charge in [-0.3, -0.25) is 0 Å². The minimum Gasteiger partial charge on any atom is -0.377 e. The van der Waals surface area contributed by atoms with Crippen LogP contribution in [0.15, 0.2) is 0 Å². The van der Waals surface area contributed by atoms with Crippen LogP contribution in [-0.2, 0) is 4.74 Å². The number of hydrogen-bond donors (Lipinski definition) is 0. The molecule has 2 saturated heterocycles. The average Bonchev–Trinajstić information content (AvgIpc) is 2.56. The lowest BCUT2D eigenvalue weighted by Gasteiger charge is -2.36. The van der Waals surface area contributed by atoms with Crippen molar-refractivity contribution in [3.05, 3.63) is 0 Å². The minimum absolute atomic E-state index is 0.526. The number of rotatable bonds is 1. The van der Waals surface area contributed by atoms with E-state index in [1.807, 2.05) is 0 Å². The van der Waals surface area contributed by atoms with E-state index in [9.17, 15) is 0 Å². The van der Waals surface area contributed by atoms with Gasteiger partial charge in [0.25, 0.3) is 0 Å². The summed E-state index contributed by atoms with van der Waals surface area (Å²) in [5, 5.41) is 0. The van der Waals surface area contributed by atoms with Crippen LogP contribution in [0.2, 0.25) is 0 Å². The lowest BCUT2D eigenvalue weighted by molar-refractivity contribution is 0.0542. The molecule has 2 rings (SSSR count). The third kappa shape index (κ3) is 1.96. The van der Waals surface area contributed by atoms with Gasteiger partial charge in [-0.15, -0.1) is 0 Å². The molecular weight excluding hydrogens is 174 g/mol. The number of piperidine rings is 1. The first-order valence-electron chi connectivity index (χ1n) is 5.91. The molecule has 0 aromatic rings. The predicted octanol–water partition coefficient (Wildman–Crippen LogP) is 2.14. The Hall–Kier alpha value is -0.0800. The van der Waals surface area contributed by atoms with E-state index in [2.05, 4.69) is 25.8 Å². The molecule has 0 aromatic carbocycles. The third-order valence-electron chi connectivity index (χ3n) is 4.03. The Kier molecular flexibility index (Phi) is 2.85. The fourth-order valence-corrected chi connectivity index (χ4v) is 2.70. The predicted molar refractivity (Wildman–Crippen MR) is 58.4 cm³/mol. The number of ether oxygens (including phenoxy) is 1. The van der Waals surface area contributed by atoms with Gasteiger partial charge in [-0.05, 0) is 50.7 Å². The Balaban J connectivity index is 1.93. The van der Waals surface area contributed by atoms with E-state index < -0.39 is 0 Å². The van der Waals surface area contributed by atoms with Gasteiger partial charge in [-0.2, -0.15) is 0 Å². The fraction of sp³-hybridized carbons (Fsp3) is 1.00. The first kappa shape index (κ1) is 10.4. The Morgan fingerprint density at radius 3 is 2.43 bits per heavy atom. The van der Waals surface area contributed by atoms with Crippen LogP contribution in [0.25, 0.3) is 0 Å². The second kappa shape index (κ2) is 3.82. The molecule has 2 fully saturated rings. The maximum Gasteiger partial charge on any atom is 0.0604 e. The molecule has 0 aliphatic carbocycles. The molecule has 1 spiro atoms. The summed E-state index contributed by atoms with van der Waals surface area (Å²) >= 11 is 0. The summed E-state index contributed by atoms with van der Waals surface area (Å²) < 4.78 is 5.92. The summed E-state index contributed by atoms with van der Waals surface area (Å²) in [5.74, 6) is 0.689. The van der Waals surface area contributed by atoms with E-state index in [1.54, 1.807) is 0 Å². The van der Waals surface area contributed by atoms with Crippen LogP contribution in [0, 0.1) is 11.3 Å². The second-order valence-corrected chi connectivity index (χ2v) is 5.60. The standard InChI is InChI=1S/C12H23NO/c1-10(2)11-8-12(9-14-11)4-6-13(3)7-5-12/h10-11H,4-9H2,1-3H3. The molecule has 0 bridgehead atoms. The van der Waals surface area contributed by atoms with Crippen molar-refractivity contribution in [3.63, 3.8) is 0 Å². The second-order valence-electron chi connectivity index (χ2n) is 5.60. The van der Waals surface area contributed by atoms with Crippen molar-refractivity contribution >= 4 is 0 Å². The third-order valence-corrected chi connectivity index (χ3v) is 4.03. The van der Waals surface area contributed by atoms with E-state index >= 15 is 0 Å². The maximum atomic E-state index is 5.92. The van der Waals surface area contributed by atoms with Crippen molar-refractivity contribution < 1.29 is 4.74 Å². The van der Waals surface area contributed by atoms with Gasteiger partial charge in [-0.1, -0.05) is 13.8 Å². The lowest BCUT2D eigenvalue weighted by atomic mass is 9.75. The highest BCUT2D eigenvalue weighted by Crippen LogP contribution is 2.43. The lowest BCUT2D eigenvalue weighted by Crippen LogP contribution is -2.38. The highest BCUT2D eigenvalue weighted by atomic mass is 16.5. The SMILES string of the molecule is CC(C)C1CC2(CCN(C)CC2)CO1. The van der Waals surface area contributed by atoms with Crippen LogP contribution >= 0.6 is 0 Å². The van der Waals surface area contributed by atoms with Gasteiger partial charge in [0.05, 0.1) is 12.7 Å². The summed E-state index contributed by atoms with van der Waals surface area (Å²) in [6.45, 7) is 8.09. The Bertz CT molecular complexity index is 194. The molecule has 2 nitrogen and oxygen atoms in total. The first-order valence-corrected chi connectivity index (χ1v) is 5.91. The van der Waals surface area contributed by atoms with Crippen molar-refractivity contribution in [2.45, 2.75) is 39.2 Å². The van der Waals surface area contributed by atoms with Crippen LogP contribution in [0.4, 0.5) is 0 Å². The van der Waals surface area contributed by atoms with Gasteiger partial charge in [0.2, 0.25) is 0 Å². The molecule has 1 unspecified atom stereocenters. The van der Waals surface area contributed by atoms with Crippen molar-refractivity contribution in [2.24, 2.45) is 11.3 Å². The zero-order valence-electron chi connectivity index (χ0n) is 9.75. The monoisotopic (exact) mass is 197 g/mol. The zero-order valence-corrected chi connectivity index (χ0v) is 9.75. The fourth-order valence-electron chi connectivity index (χ4n) is 2.70. The summed E-state index contributed by atoms with van der Waals surface area (Å²) in [7, 11) is 2.22. The molecule has 14 heavy (non-hydrogen) atoms. The van der Waals surface area contributed by atoms with Crippen molar-refractivity contribution in [2.75, 3.05) is 26.7 Å². The zero-order chi connectivity index (χ0) is 10.2. The molecule has 2 aliphatic rings. The molecule has 0 amide bonds. The molecule has 2 heteroatoms. The molecule has 2 heterocycles. The summed E-state index contributed by atoms with van der Waals surface area (Å²) in [6.07, 6.45) is 4.51. The molecule has 0 aromatic heterocycles. The molecular formula is C12H23NO. The maximum absolute atomic E-state index is 5.92. The van der Waals surface area contributed by atoms with Crippen molar-refractivity contribution in [1.29, 1.82) is 0 Å². The average molecular weight is 197 g/mol. The van der Waals surface area contributed by atoms with Crippen LogP contribution < -0.4 is 0 Å². The van der Waals surface area contributed by atoms with Gasteiger partial charge < -0.3 is 9.64 Å². The van der Waals surface area contributed by atoms with Gasteiger partial charge >= 0.3 is 0 Å². The highest BCUT2D eigenvalue weighted by Gasteiger charge is 2.42. The molecule has 1 atom stereocenters. The molecule has 2 aliphatic heterocycles. The largest absolute Gasteiger partial charge is 0.377 e. The molecule has 0 saturated carbocycles. The Morgan fingerprint density at radius 1 is 1.29 bits per heavy atom. The van der Waals surface area contributed by atoms with Crippen LogP contribution in [0.5, 0.6) is 0 Å². The highest BCUT2D eigenvalue weighted by molar-refractivity contribution is 4.92. The van der Waals surface area contributed by atoms with E-state index in [-0.39, 0.29) is 0 Å². The quantitative estimate of drug-likeness (QED) is 0.638. The number of nitrogens with zero attached hydrogens (tertiary/aromatic N) is 1. The number of likely N-dealkylation sites (tertiary alicyclic amines) is 1. The topological polar surface area (TPSA) is 12.5 Å². The Morgan fingerprint density at radius 2 is 1.93 bits per heavy atom. The summed E-state index contributed by atoms with van der Waals surface area (Å²) in [6, 6.07) is 0. The minimum atomic E-state index is 0.526. The van der Waals surface area contributed by atoms with Crippen molar-refractivity contribution in [1.82, 2.24) is 4.90 Å². The van der Waals surface area contributed by atoms with Crippen molar-refractivity contribution in [3.8, 4) is 0 Å². The van der Waals surface area contributed by atoms with Gasteiger partial charge in [0, 0.05) is 0 Å². The molecule has 82 valence electrons. The Labute approximate surface area is 87.6 Å². The van der Waals surface area contributed by atoms with E-state index in [1.165, 1.54) is 32.4 Å². The number of hydrogen-bond acceptors (Lipinski definition) is 2. The van der Waals surface area contributed by atoms with E-state index in [4.69, 9.17) is 4.74 Å². The van der Waals surface area contributed by atoms with Gasteiger partial charge in [0.15, 0.2) is 0 Å². The van der Waals surface area contributed by atoms with Crippen LogP contribution in [0.1, 0.15) is 33.1 Å². The van der Waals surface area contributed by atoms with Crippen LogP contribution in [0.3, 0.4) is 0 Å². The summed E-state index contributed by atoms with van der Waals surface area (Å²) in [5.41, 5.74) is 0.543. The normalized spacial score (nSPS) is 33.0.